The van der Waals surface area contributed by atoms with Crippen LogP contribution in [0.1, 0.15) is 17.2 Å². The van der Waals surface area contributed by atoms with Crippen LogP contribution in [-0.4, -0.2) is 13.0 Å². The minimum absolute atomic E-state index is 0.0298. The topological polar surface area (TPSA) is 45.7 Å². The predicted octanol–water partition coefficient (Wildman–Crippen LogP) is 1.24. The highest BCUT2D eigenvalue weighted by molar-refractivity contribution is 5.81. The van der Waals surface area contributed by atoms with Crippen molar-refractivity contribution in [2.45, 2.75) is 12.6 Å². The first-order valence-corrected chi connectivity index (χ1v) is 6.45. The lowest BCUT2D eigenvalue weighted by molar-refractivity contribution is -0.698. The highest BCUT2D eigenvalue weighted by Gasteiger charge is 2.22. The number of hydrogen-bond donors (Lipinski definition) is 2. The molecule has 2 aromatic rings. The molecule has 3 nitrogen and oxygen atoms in total. The van der Waals surface area contributed by atoms with E-state index < -0.39 is 0 Å². The van der Waals surface area contributed by atoms with Gasteiger partial charge in [-0.15, -0.1) is 0 Å². The number of quaternary nitrogens is 1. The number of carbonyl (C=O) groups is 1. The Labute approximate surface area is 113 Å². The lowest BCUT2D eigenvalue weighted by Crippen LogP contribution is -2.86. The van der Waals surface area contributed by atoms with Crippen LogP contribution in [0.15, 0.2) is 60.7 Å². The fraction of sp³-hybridized carbons (Fsp3) is 0.188. The third kappa shape index (κ3) is 3.66. The zero-order chi connectivity index (χ0) is 13.5. The Kier molecular flexibility index (Phi) is 4.70. The lowest BCUT2D eigenvalue weighted by atomic mass is 10.1. The van der Waals surface area contributed by atoms with Gasteiger partial charge >= 0.3 is 0 Å². The summed E-state index contributed by atoms with van der Waals surface area (Å²) in [6, 6.07) is 19.8. The molecule has 0 saturated heterocycles. The van der Waals surface area contributed by atoms with Crippen molar-refractivity contribution >= 4 is 5.91 Å². The molecule has 0 aliphatic carbocycles. The van der Waals surface area contributed by atoms with Gasteiger partial charge < -0.3 is 10.6 Å². The van der Waals surface area contributed by atoms with Crippen LogP contribution < -0.4 is 10.6 Å². The van der Waals surface area contributed by atoms with Gasteiger partial charge in [-0.2, -0.15) is 0 Å². The SMILES string of the molecule is CNC(=O)C([NH2+]Cc1ccccc1)c1ccccc1. The van der Waals surface area contributed by atoms with E-state index in [0.29, 0.717) is 0 Å². The fourth-order valence-electron chi connectivity index (χ4n) is 2.08. The van der Waals surface area contributed by atoms with E-state index in [0.717, 1.165) is 12.1 Å². The van der Waals surface area contributed by atoms with Gasteiger partial charge in [0.25, 0.3) is 5.91 Å². The van der Waals surface area contributed by atoms with Gasteiger partial charge in [-0.05, 0) is 0 Å². The van der Waals surface area contributed by atoms with E-state index in [4.69, 9.17) is 0 Å². The van der Waals surface area contributed by atoms with Crippen molar-refractivity contribution in [3.05, 3.63) is 71.8 Å². The van der Waals surface area contributed by atoms with Gasteiger partial charge in [0.1, 0.15) is 6.54 Å². The maximum absolute atomic E-state index is 12.0. The van der Waals surface area contributed by atoms with E-state index in [1.807, 2.05) is 48.5 Å². The summed E-state index contributed by atoms with van der Waals surface area (Å²) in [5, 5.41) is 4.79. The smallest absolute Gasteiger partial charge is 0.282 e. The maximum atomic E-state index is 12.0. The summed E-state index contributed by atoms with van der Waals surface area (Å²) in [5.41, 5.74) is 2.24. The number of benzene rings is 2. The van der Waals surface area contributed by atoms with Crippen molar-refractivity contribution in [3.8, 4) is 0 Å². The monoisotopic (exact) mass is 255 g/mol. The van der Waals surface area contributed by atoms with E-state index >= 15 is 0 Å². The first kappa shape index (κ1) is 13.3. The minimum atomic E-state index is -0.202. The Morgan fingerprint density at radius 3 is 2.21 bits per heavy atom. The molecular formula is C16H19N2O+. The van der Waals surface area contributed by atoms with Crippen LogP contribution in [0.2, 0.25) is 0 Å². The van der Waals surface area contributed by atoms with Crippen molar-refractivity contribution in [2.24, 2.45) is 0 Å². The van der Waals surface area contributed by atoms with E-state index in [1.165, 1.54) is 5.56 Å². The number of likely N-dealkylation sites (N-methyl/N-ethyl adjacent to an activating group) is 1. The molecule has 98 valence electrons. The van der Waals surface area contributed by atoms with E-state index in [9.17, 15) is 4.79 Å². The van der Waals surface area contributed by atoms with Gasteiger partial charge in [0.05, 0.1) is 0 Å². The summed E-state index contributed by atoms with van der Waals surface area (Å²) < 4.78 is 0. The third-order valence-corrected chi connectivity index (χ3v) is 3.12. The summed E-state index contributed by atoms with van der Waals surface area (Å²) in [5.74, 6) is 0.0298. The van der Waals surface area contributed by atoms with Crippen LogP contribution in [0, 0.1) is 0 Å². The van der Waals surface area contributed by atoms with Crippen LogP contribution in [0.3, 0.4) is 0 Å². The number of nitrogens with two attached hydrogens (primary N) is 1. The second kappa shape index (κ2) is 6.71. The molecule has 2 rings (SSSR count). The molecule has 1 amide bonds. The molecule has 0 aliphatic rings. The summed E-state index contributed by atoms with van der Waals surface area (Å²) in [4.78, 5) is 12.0. The average molecular weight is 255 g/mol. The van der Waals surface area contributed by atoms with Crippen LogP contribution in [0.4, 0.5) is 0 Å². The molecule has 0 fully saturated rings. The van der Waals surface area contributed by atoms with E-state index in [1.54, 1.807) is 7.05 Å². The third-order valence-electron chi connectivity index (χ3n) is 3.12. The van der Waals surface area contributed by atoms with Crippen molar-refractivity contribution in [1.29, 1.82) is 0 Å². The van der Waals surface area contributed by atoms with E-state index in [2.05, 4.69) is 22.8 Å². The molecule has 3 N–H and O–H groups in total. The zero-order valence-corrected chi connectivity index (χ0v) is 11.0. The van der Waals surface area contributed by atoms with Crippen molar-refractivity contribution in [3.63, 3.8) is 0 Å². The van der Waals surface area contributed by atoms with Crippen molar-refractivity contribution in [1.82, 2.24) is 5.32 Å². The molecule has 1 atom stereocenters. The highest BCUT2D eigenvalue weighted by Crippen LogP contribution is 2.08. The van der Waals surface area contributed by atoms with Gasteiger partial charge in [0, 0.05) is 18.2 Å². The van der Waals surface area contributed by atoms with Gasteiger partial charge in [0.15, 0.2) is 6.04 Å². The molecule has 0 saturated carbocycles. The normalized spacial score (nSPS) is 11.8. The van der Waals surface area contributed by atoms with Crippen LogP contribution in [0.25, 0.3) is 0 Å². The second-order valence-electron chi connectivity index (χ2n) is 4.43. The molecule has 1 unspecified atom stereocenters. The summed E-state index contributed by atoms with van der Waals surface area (Å²) in [6.45, 7) is 0.786. The predicted molar refractivity (Wildman–Crippen MR) is 75.3 cm³/mol. The number of amides is 1. The molecule has 0 aliphatic heterocycles. The Morgan fingerprint density at radius 2 is 1.63 bits per heavy atom. The molecule has 2 aromatic carbocycles. The molecule has 0 bridgehead atoms. The van der Waals surface area contributed by atoms with E-state index in [-0.39, 0.29) is 11.9 Å². The largest absolute Gasteiger partial charge is 0.354 e. The van der Waals surface area contributed by atoms with Gasteiger partial charge in [-0.3, -0.25) is 4.79 Å². The highest BCUT2D eigenvalue weighted by atomic mass is 16.2. The lowest BCUT2D eigenvalue weighted by Gasteiger charge is -2.14. The maximum Gasteiger partial charge on any atom is 0.282 e. The van der Waals surface area contributed by atoms with Crippen molar-refractivity contribution in [2.75, 3.05) is 7.05 Å². The Bertz CT molecular complexity index is 511. The van der Waals surface area contributed by atoms with Gasteiger partial charge in [0.2, 0.25) is 0 Å². The summed E-state index contributed by atoms with van der Waals surface area (Å²) >= 11 is 0. The van der Waals surface area contributed by atoms with Crippen molar-refractivity contribution < 1.29 is 10.1 Å². The Morgan fingerprint density at radius 1 is 1.05 bits per heavy atom. The molecule has 0 aromatic heterocycles. The number of carbonyl (C=O) groups excluding carboxylic acids is 1. The molecule has 0 spiro atoms. The minimum Gasteiger partial charge on any atom is -0.354 e. The van der Waals surface area contributed by atoms with Crippen LogP contribution >= 0.6 is 0 Å². The summed E-state index contributed by atoms with van der Waals surface area (Å²) in [6.07, 6.45) is 0. The number of hydrogen-bond acceptors (Lipinski definition) is 1. The molecular weight excluding hydrogens is 236 g/mol. The fourth-order valence-corrected chi connectivity index (χ4v) is 2.08. The first-order valence-electron chi connectivity index (χ1n) is 6.45. The Hall–Kier alpha value is -2.13. The molecule has 0 heterocycles. The van der Waals surface area contributed by atoms with Gasteiger partial charge in [-0.1, -0.05) is 60.7 Å². The standard InChI is InChI=1S/C16H18N2O/c1-17-16(19)15(14-10-6-3-7-11-14)18-12-13-8-4-2-5-9-13/h2-11,15,18H,12H2,1H3,(H,17,19)/p+1. The quantitative estimate of drug-likeness (QED) is 0.829. The molecule has 3 heteroatoms. The average Bonchev–Trinajstić information content (AvgIpc) is 2.49. The Balaban J connectivity index is 2.09. The molecule has 19 heavy (non-hydrogen) atoms. The zero-order valence-electron chi connectivity index (χ0n) is 11.0. The number of nitrogens with one attached hydrogen (secondary N) is 1. The van der Waals surface area contributed by atoms with Crippen LogP contribution in [0.5, 0.6) is 0 Å². The second-order valence-corrected chi connectivity index (χ2v) is 4.43. The van der Waals surface area contributed by atoms with Gasteiger partial charge in [-0.25, -0.2) is 0 Å². The number of rotatable bonds is 5. The van der Waals surface area contributed by atoms with Crippen LogP contribution in [-0.2, 0) is 11.3 Å². The molecule has 0 radical (unpaired) electrons. The summed E-state index contributed by atoms with van der Waals surface area (Å²) in [7, 11) is 1.68. The first-order chi connectivity index (χ1) is 9.31.